The Labute approximate surface area is 123 Å². The summed E-state index contributed by atoms with van der Waals surface area (Å²) in [5.41, 5.74) is 7.61. The van der Waals surface area contributed by atoms with Crippen LogP contribution in [0.3, 0.4) is 0 Å². The average Bonchev–Trinajstić information content (AvgIpc) is 3.04. The van der Waals surface area contributed by atoms with E-state index in [1.807, 2.05) is 24.3 Å². The van der Waals surface area contributed by atoms with Gasteiger partial charge in [-0.2, -0.15) is 13.2 Å². The molecule has 21 heavy (non-hydrogen) atoms. The molecule has 0 saturated carbocycles. The first-order valence-corrected chi connectivity index (χ1v) is 7.29. The molecule has 0 saturated heterocycles. The van der Waals surface area contributed by atoms with E-state index in [4.69, 9.17) is 5.73 Å². The summed E-state index contributed by atoms with van der Waals surface area (Å²) < 4.78 is 38.0. The van der Waals surface area contributed by atoms with E-state index in [9.17, 15) is 13.2 Å². The van der Waals surface area contributed by atoms with Crippen molar-refractivity contribution in [3.05, 3.63) is 34.8 Å². The molecule has 2 heterocycles. The Balaban J connectivity index is 1.95. The Morgan fingerprint density at radius 3 is 2.71 bits per heavy atom. The average molecular weight is 314 g/mol. The number of halogens is 3. The molecule has 0 radical (unpaired) electrons. The van der Waals surface area contributed by atoms with Gasteiger partial charge in [-0.25, -0.2) is 0 Å². The zero-order valence-corrected chi connectivity index (χ0v) is 11.8. The fourth-order valence-electron chi connectivity index (χ4n) is 2.56. The molecule has 0 spiro atoms. The zero-order valence-electron chi connectivity index (χ0n) is 11.0. The maximum absolute atomic E-state index is 12.7. The van der Waals surface area contributed by atoms with Gasteiger partial charge >= 0.3 is 6.18 Å². The molecule has 112 valence electrons. The van der Waals surface area contributed by atoms with Crippen molar-refractivity contribution in [3.63, 3.8) is 0 Å². The first-order valence-electron chi connectivity index (χ1n) is 6.48. The van der Waals surface area contributed by atoms with Crippen LogP contribution in [-0.2, 0) is 6.18 Å². The van der Waals surface area contributed by atoms with Gasteiger partial charge in [-0.05, 0) is 24.6 Å². The van der Waals surface area contributed by atoms with Crippen LogP contribution in [0.25, 0.3) is 0 Å². The molecule has 0 amide bonds. The van der Waals surface area contributed by atoms with Crippen molar-refractivity contribution in [2.24, 2.45) is 5.73 Å². The zero-order chi connectivity index (χ0) is 15.0. The largest absolute Gasteiger partial charge is 0.445 e. The van der Waals surface area contributed by atoms with Gasteiger partial charge in [0.05, 0.1) is 0 Å². The summed E-state index contributed by atoms with van der Waals surface area (Å²) in [4.78, 5) is 1.79. The number of anilines is 2. The summed E-state index contributed by atoms with van der Waals surface area (Å²) >= 11 is 0.568. The van der Waals surface area contributed by atoms with Crippen molar-refractivity contribution < 1.29 is 13.2 Å². The summed E-state index contributed by atoms with van der Waals surface area (Å²) in [7, 11) is 0. The summed E-state index contributed by atoms with van der Waals surface area (Å²) in [5, 5.41) is 6.31. The molecule has 3 rings (SSSR count). The van der Waals surface area contributed by atoms with Crippen LogP contribution in [0.4, 0.5) is 24.0 Å². The Morgan fingerprint density at radius 1 is 1.29 bits per heavy atom. The van der Waals surface area contributed by atoms with Crippen molar-refractivity contribution in [1.82, 2.24) is 10.2 Å². The highest BCUT2D eigenvalue weighted by Crippen LogP contribution is 2.44. The van der Waals surface area contributed by atoms with Crippen LogP contribution in [0.15, 0.2) is 24.3 Å². The van der Waals surface area contributed by atoms with Crippen LogP contribution >= 0.6 is 11.3 Å². The molecule has 1 aromatic carbocycles. The van der Waals surface area contributed by atoms with E-state index in [0.29, 0.717) is 24.4 Å². The lowest BCUT2D eigenvalue weighted by Crippen LogP contribution is -2.17. The van der Waals surface area contributed by atoms with E-state index in [2.05, 4.69) is 10.2 Å². The fraction of sp³-hybridized carbons (Fsp3) is 0.385. The normalized spacial score (nSPS) is 18.1. The summed E-state index contributed by atoms with van der Waals surface area (Å²) in [6, 6.07) is 7.66. The van der Waals surface area contributed by atoms with E-state index in [-0.39, 0.29) is 11.0 Å². The molecule has 8 heteroatoms. The molecule has 2 aromatic rings. The predicted molar refractivity (Wildman–Crippen MR) is 74.8 cm³/mol. The number of hydrogen-bond acceptors (Lipinski definition) is 5. The smallest absolute Gasteiger partial charge is 0.330 e. The van der Waals surface area contributed by atoms with E-state index in [0.717, 1.165) is 17.7 Å². The third kappa shape index (κ3) is 2.60. The van der Waals surface area contributed by atoms with E-state index in [1.165, 1.54) is 0 Å². The molecular weight excluding hydrogens is 301 g/mol. The predicted octanol–water partition coefficient (Wildman–Crippen LogP) is 3.14. The van der Waals surface area contributed by atoms with Gasteiger partial charge in [-0.15, -0.1) is 10.2 Å². The minimum absolute atomic E-state index is 0.212. The third-order valence-electron chi connectivity index (χ3n) is 3.47. The molecule has 1 aromatic heterocycles. The van der Waals surface area contributed by atoms with Crippen molar-refractivity contribution in [1.29, 1.82) is 0 Å². The maximum Gasteiger partial charge on any atom is 0.445 e. The minimum atomic E-state index is -4.45. The Morgan fingerprint density at radius 2 is 2.05 bits per heavy atom. The molecular formula is C13H13F3N4S. The van der Waals surface area contributed by atoms with Gasteiger partial charge in [0.15, 0.2) is 0 Å². The molecule has 1 aliphatic heterocycles. The lowest BCUT2D eigenvalue weighted by Gasteiger charge is -2.15. The second kappa shape index (κ2) is 5.27. The van der Waals surface area contributed by atoms with Gasteiger partial charge < -0.3 is 10.6 Å². The third-order valence-corrected chi connectivity index (χ3v) is 4.46. The fourth-order valence-corrected chi connectivity index (χ4v) is 3.30. The van der Waals surface area contributed by atoms with Crippen LogP contribution in [-0.4, -0.2) is 23.3 Å². The number of para-hydroxylation sites is 1. The van der Waals surface area contributed by atoms with Gasteiger partial charge in [0.25, 0.3) is 0 Å². The summed E-state index contributed by atoms with van der Waals surface area (Å²) in [6.45, 7) is 1.12. The molecule has 0 fully saturated rings. The monoisotopic (exact) mass is 314 g/mol. The van der Waals surface area contributed by atoms with Crippen molar-refractivity contribution >= 4 is 22.2 Å². The highest BCUT2D eigenvalue weighted by Gasteiger charge is 2.38. The van der Waals surface area contributed by atoms with Crippen LogP contribution < -0.4 is 10.6 Å². The first-order chi connectivity index (χ1) is 10.0. The molecule has 1 aliphatic rings. The van der Waals surface area contributed by atoms with Crippen LogP contribution in [0.1, 0.15) is 22.9 Å². The molecule has 0 aliphatic carbocycles. The number of hydrogen-bond donors (Lipinski definition) is 1. The van der Waals surface area contributed by atoms with Crippen LogP contribution in [0.2, 0.25) is 0 Å². The Bertz CT molecular complexity index is 640. The number of aromatic nitrogens is 2. The number of nitrogens with two attached hydrogens (primary N) is 1. The van der Waals surface area contributed by atoms with Gasteiger partial charge in [-0.1, -0.05) is 29.5 Å². The van der Waals surface area contributed by atoms with Gasteiger partial charge in [-0.3, -0.25) is 0 Å². The van der Waals surface area contributed by atoms with Crippen LogP contribution in [0, 0.1) is 0 Å². The Kier molecular flexibility index (Phi) is 3.58. The molecule has 4 nitrogen and oxygen atoms in total. The second-order valence-corrected chi connectivity index (χ2v) is 5.79. The van der Waals surface area contributed by atoms with Crippen molar-refractivity contribution in [2.75, 3.05) is 18.0 Å². The standard InChI is InChI=1S/C13H13F3N4S/c14-13(15,16)11-18-19-12(21-11)20-7-8(5-6-17)9-3-1-2-4-10(9)20/h1-4,8H,5-7,17H2. The summed E-state index contributed by atoms with van der Waals surface area (Å²) in [5.74, 6) is 0.212. The topological polar surface area (TPSA) is 55.0 Å². The van der Waals surface area contributed by atoms with Crippen molar-refractivity contribution in [3.8, 4) is 0 Å². The lowest BCUT2D eigenvalue weighted by atomic mass is 9.98. The number of rotatable bonds is 3. The van der Waals surface area contributed by atoms with E-state index < -0.39 is 11.2 Å². The molecule has 1 atom stereocenters. The highest BCUT2D eigenvalue weighted by atomic mass is 32.1. The quantitative estimate of drug-likeness (QED) is 0.945. The van der Waals surface area contributed by atoms with Gasteiger partial charge in [0, 0.05) is 18.2 Å². The number of alkyl halides is 3. The van der Waals surface area contributed by atoms with E-state index >= 15 is 0 Å². The van der Waals surface area contributed by atoms with Crippen LogP contribution in [0.5, 0.6) is 0 Å². The second-order valence-electron chi connectivity index (χ2n) is 4.83. The minimum Gasteiger partial charge on any atom is -0.330 e. The number of fused-ring (bicyclic) bond motifs is 1. The van der Waals surface area contributed by atoms with Gasteiger partial charge in [0.1, 0.15) is 0 Å². The SMILES string of the molecule is NCCC1CN(c2nnc(C(F)(F)F)s2)c2ccccc21. The molecule has 2 N–H and O–H groups in total. The number of benzene rings is 1. The lowest BCUT2D eigenvalue weighted by molar-refractivity contribution is -0.138. The van der Waals surface area contributed by atoms with Gasteiger partial charge in [0.2, 0.25) is 10.1 Å². The Hall–Kier alpha value is -1.67. The van der Waals surface area contributed by atoms with E-state index in [1.54, 1.807) is 4.90 Å². The first kappa shape index (κ1) is 14.3. The maximum atomic E-state index is 12.7. The molecule has 1 unspecified atom stereocenters. The highest BCUT2D eigenvalue weighted by molar-refractivity contribution is 7.15. The molecule has 0 bridgehead atoms. The summed E-state index contributed by atoms with van der Waals surface area (Å²) in [6.07, 6.45) is -3.66. The van der Waals surface area contributed by atoms with Crippen molar-refractivity contribution in [2.45, 2.75) is 18.5 Å². The number of nitrogens with zero attached hydrogens (tertiary/aromatic N) is 3.